The zero-order chi connectivity index (χ0) is 20.9. The standard InChI is InChI=1S/C23H24N4O3/c24-15-18-4-1-2-5-21(18)26-10-3-11-27(13-12-26)23(29)16-30-19-7-8-20-17(14-19)6-9-22(28)25-20/h1-2,4-5,7-8,14H,3,6,9-13,16H2,(H,25,28). The summed E-state index contributed by atoms with van der Waals surface area (Å²) >= 11 is 0. The highest BCUT2D eigenvalue weighted by Crippen LogP contribution is 2.27. The number of carbonyl (C=O) groups is 2. The molecule has 1 saturated heterocycles. The number of hydrogen-bond acceptors (Lipinski definition) is 5. The zero-order valence-electron chi connectivity index (χ0n) is 16.8. The molecule has 2 aromatic carbocycles. The minimum atomic E-state index is -0.0450. The number of amides is 2. The van der Waals surface area contributed by atoms with Crippen LogP contribution in [0.4, 0.5) is 11.4 Å². The number of rotatable bonds is 4. The van der Waals surface area contributed by atoms with Crippen LogP contribution < -0.4 is 15.0 Å². The number of ether oxygens (including phenoxy) is 1. The lowest BCUT2D eigenvalue weighted by Gasteiger charge is -2.24. The lowest BCUT2D eigenvalue weighted by molar-refractivity contribution is -0.133. The number of carbonyl (C=O) groups excluding carboxylic acids is 2. The lowest BCUT2D eigenvalue weighted by atomic mass is 10.0. The molecule has 2 heterocycles. The van der Waals surface area contributed by atoms with Crippen molar-refractivity contribution < 1.29 is 14.3 Å². The van der Waals surface area contributed by atoms with Crippen molar-refractivity contribution in [3.05, 3.63) is 53.6 Å². The van der Waals surface area contributed by atoms with Crippen LogP contribution in [0.2, 0.25) is 0 Å². The number of nitrogens with zero attached hydrogens (tertiary/aromatic N) is 3. The van der Waals surface area contributed by atoms with Crippen LogP contribution in [0.3, 0.4) is 0 Å². The molecule has 0 saturated carbocycles. The van der Waals surface area contributed by atoms with Gasteiger partial charge in [0.2, 0.25) is 5.91 Å². The van der Waals surface area contributed by atoms with E-state index in [2.05, 4.69) is 16.3 Å². The summed E-state index contributed by atoms with van der Waals surface area (Å²) in [5.74, 6) is 0.619. The number of nitrogens with one attached hydrogen (secondary N) is 1. The van der Waals surface area contributed by atoms with Gasteiger partial charge in [0.25, 0.3) is 5.91 Å². The van der Waals surface area contributed by atoms with Crippen molar-refractivity contribution in [3.8, 4) is 11.8 Å². The molecular formula is C23H24N4O3. The summed E-state index contributed by atoms with van der Waals surface area (Å²) in [5, 5.41) is 12.2. The van der Waals surface area contributed by atoms with Gasteiger partial charge in [-0.05, 0) is 48.7 Å². The fourth-order valence-electron chi connectivity index (χ4n) is 3.94. The molecule has 1 fully saturated rings. The molecule has 2 amide bonds. The third-order valence-corrected chi connectivity index (χ3v) is 5.55. The smallest absolute Gasteiger partial charge is 0.260 e. The van der Waals surface area contributed by atoms with Crippen molar-refractivity contribution in [2.45, 2.75) is 19.3 Å². The van der Waals surface area contributed by atoms with Crippen molar-refractivity contribution in [2.24, 2.45) is 0 Å². The van der Waals surface area contributed by atoms with E-state index in [0.717, 1.165) is 29.9 Å². The van der Waals surface area contributed by atoms with E-state index >= 15 is 0 Å². The number of benzene rings is 2. The van der Waals surface area contributed by atoms with Crippen LogP contribution >= 0.6 is 0 Å². The molecule has 30 heavy (non-hydrogen) atoms. The summed E-state index contributed by atoms with van der Waals surface area (Å²) in [7, 11) is 0. The number of anilines is 2. The van der Waals surface area contributed by atoms with E-state index in [0.29, 0.717) is 43.8 Å². The van der Waals surface area contributed by atoms with Gasteiger partial charge in [0.05, 0.1) is 11.3 Å². The van der Waals surface area contributed by atoms with Gasteiger partial charge < -0.3 is 19.9 Å². The minimum absolute atomic E-state index is 0.0140. The van der Waals surface area contributed by atoms with Crippen molar-refractivity contribution in [3.63, 3.8) is 0 Å². The van der Waals surface area contributed by atoms with Crippen LogP contribution in [0.15, 0.2) is 42.5 Å². The van der Waals surface area contributed by atoms with E-state index in [1.54, 1.807) is 6.07 Å². The second kappa shape index (κ2) is 8.87. The summed E-state index contributed by atoms with van der Waals surface area (Å²) in [6.07, 6.45) is 1.98. The highest BCUT2D eigenvalue weighted by atomic mass is 16.5. The molecule has 2 aliphatic rings. The maximum absolute atomic E-state index is 12.7. The van der Waals surface area contributed by atoms with Crippen LogP contribution in [0.1, 0.15) is 24.0 Å². The first kappa shape index (κ1) is 19.8. The Morgan fingerprint density at radius 3 is 2.83 bits per heavy atom. The Bertz CT molecular complexity index is 998. The van der Waals surface area contributed by atoms with E-state index in [1.165, 1.54) is 0 Å². The largest absolute Gasteiger partial charge is 0.484 e. The Morgan fingerprint density at radius 2 is 1.97 bits per heavy atom. The maximum atomic E-state index is 12.7. The molecule has 1 N–H and O–H groups in total. The normalized spacial score (nSPS) is 16.2. The first-order chi connectivity index (χ1) is 14.6. The molecule has 0 aromatic heterocycles. The highest BCUT2D eigenvalue weighted by molar-refractivity contribution is 5.94. The van der Waals surface area contributed by atoms with Gasteiger partial charge in [-0.2, -0.15) is 5.26 Å². The molecule has 0 atom stereocenters. The number of para-hydroxylation sites is 1. The van der Waals surface area contributed by atoms with Gasteiger partial charge in [0.15, 0.2) is 6.61 Å². The van der Waals surface area contributed by atoms with Crippen molar-refractivity contribution in [1.82, 2.24) is 4.90 Å². The maximum Gasteiger partial charge on any atom is 0.260 e. The van der Waals surface area contributed by atoms with Crippen molar-refractivity contribution >= 4 is 23.2 Å². The van der Waals surface area contributed by atoms with Gasteiger partial charge in [0.1, 0.15) is 11.8 Å². The quantitative estimate of drug-likeness (QED) is 0.847. The predicted octanol–water partition coefficient (Wildman–Crippen LogP) is 2.56. The number of hydrogen-bond donors (Lipinski definition) is 1. The summed E-state index contributed by atoms with van der Waals surface area (Å²) in [5.41, 5.74) is 3.42. The molecule has 0 radical (unpaired) electrons. The topological polar surface area (TPSA) is 85.7 Å². The van der Waals surface area contributed by atoms with E-state index < -0.39 is 0 Å². The van der Waals surface area contributed by atoms with Gasteiger partial charge in [-0.15, -0.1) is 0 Å². The highest BCUT2D eigenvalue weighted by Gasteiger charge is 2.21. The second-order valence-electron chi connectivity index (χ2n) is 7.51. The Kier molecular flexibility index (Phi) is 5.84. The average Bonchev–Trinajstić information content (AvgIpc) is 3.03. The minimum Gasteiger partial charge on any atom is -0.484 e. The predicted molar refractivity (Wildman–Crippen MR) is 113 cm³/mol. The van der Waals surface area contributed by atoms with Crippen LogP contribution in [-0.2, 0) is 16.0 Å². The molecule has 7 nitrogen and oxygen atoms in total. The molecule has 0 bridgehead atoms. The molecule has 2 aromatic rings. The molecule has 0 unspecified atom stereocenters. The molecule has 154 valence electrons. The molecule has 0 spiro atoms. The van der Waals surface area contributed by atoms with E-state index in [-0.39, 0.29) is 18.4 Å². The molecule has 0 aliphatic carbocycles. The number of fused-ring (bicyclic) bond motifs is 1. The first-order valence-electron chi connectivity index (χ1n) is 10.2. The Labute approximate surface area is 175 Å². The van der Waals surface area contributed by atoms with Gasteiger partial charge in [0, 0.05) is 38.3 Å². The van der Waals surface area contributed by atoms with E-state index in [1.807, 2.05) is 41.3 Å². The fraction of sp³-hybridized carbons (Fsp3) is 0.348. The van der Waals surface area contributed by atoms with Crippen molar-refractivity contribution in [1.29, 1.82) is 5.26 Å². The Morgan fingerprint density at radius 1 is 1.10 bits per heavy atom. The summed E-state index contributed by atoms with van der Waals surface area (Å²) in [4.78, 5) is 28.2. The molecular weight excluding hydrogens is 380 g/mol. The van der Waals surface area contributed by atoms with Crippen LogP contribution in [0, 0.1) is 11.3 Å². The number of nitriles is 1. The summed E-state index contributed by atoms with van der Waals surface area (Å²) in [6, 6.07) is 15.3. The van der Waals surface area contributed by atoms with Gasteiger partial charge in [-0.1, -0.05) is 12.1 Å². The lowest BCUT2D eigenvalue weighted by Crippen LogP contribution is -2.38. The molecule has 2 aliphatic heterocycles. The third kappa shape index (κ3) is 4.38. The Hall–Kier alpha value is -3.53. The van der Waals surface area contributed by atoms with Gasteiger partial charge in [-0.3, -0.25) is 9.59 Å². The molecule has 7 heteroatoms. The second-order valence-corrected chi connectivity index (χ2v) is 7.51. The van der Waals surface area contributed by atoms with Crippen LogP contribution in [-0.4, -0.2) is 49.5 Å². The SMILES string of the molecule is N#Cc1ccccc1N1CCCN(C(=O)COc2ccc3c(c2)CCC(=O)N3)CC1. The fourth-order valence-corrected chi connectivity index (χ4v) is 3.94. The third-order valence-electron chi connectivity index (χ3n) is 5.55. The average molecular weight is 404 g/mol. The summed E-state index contributed by atoms with van der Waals surface area (Å²) in [6.45, 7) is 2.74. The van der Waals surface area contributed by atoms with E-state index in [4.69, 9.17) is 4.74 Å². The summed E-state index contributed by atoms with van der Waals surface area (Å²) < 4.78 is 5.74. The van der Waals surface area contributed by atoms with Crippen LogP contribution in [0.5, 0.6) is 5.75 Å². The van der Waals surface area contributed by atoms with E-state index in [9.17, 15) is 14.9 Å². The number of aryl methyl sites for hydroxylation is 1. The molecule has 4 rings (SSSR count). The van der Waals surface area contributed by atoms with Gasteiger partial charge in [-0.25, -0.2) is 0 Å². The van der Waals surface area contributed by atoms with Crippen molar-refractivity contribution in [2.75, 3.05) is 43.0 Å². The zero-order valence-corrected chi connectivity index (χ0v) is 16.8. The monoisotopic (exact) mass is 404 g/mol. The Balaban J connectivity index is 1.33. The first-order valence-corrected chi connectivity index (χ1v) is 10.2. The van der Waals surface area contributed by atoms with Crippen LogP contribution in [0.25, 0.3) is 0 Å². The van der Waals surface area contributed by atoms with Gasteiger partial charge >= 0.3 is 0 Å².